The normalized spacial score (nSPS) is 14.9. The van der Waals surface area contributed by atoms with Gasteiger partial charge in [0, 0.05) is 18.6 Å². The summed E-state index contributed by atoms with van der Waals surface area (Å²) in [4.78, 5) is 13.4. The lowest BCUT2D eigenvalue weighted by Gasteiger charge is -2.27. The number of carbonyl (C=O) groups is 1. The molecule has 0 saturated heterocycles. The van der Waals surface area contributed by atoms with Crippen LogP contribution in [0.15, 0.2) is 18.2 Å². The molecule has 1 aromatic rings. The molecule has 1 aliphatic rings. The molecule has 0 radical (unpaired) electrons. The summed E-state index contributed by atoms with van der Waals surface area (Å²) in [5.74, 6) is 0.617. The number of benzene rings is 1. The third-order valence-corrected chi connectivity index (χ3v) is 2.81. The molecule has 0 aliphatic carbocycles. The van der Waals surface area contributed by atoms with Crippen molar-refractivity contribution in [2.24, 2.45) is 5.73 Å². The summed E-state index contributed by atoms with van der Waals surface area (Å²) in [5.41, 5.74) is 7.64. The maximum absolute atomic E-state index is 11.3. The number of likely N-dealkylation sites (N-methyl/N-ethyl adjacent to an activating group) is 1. The molecule has 1 aromatic carbocycles. The van der Waals surface area contributed by atoms with Crippen LogP contribution in [0.3, 0.4) is 0 Å². The zero-order valence-corrected chi connectivity index (χ0v) is 11.7. The van der Waals surface area contributed by atoms with Gasteiger partial charge in [0.05, 0.1) is 5.69 Å². The predicted octanol–water partition coefficient (Wildman–Crippen LogP) is 1.19. The SMILES string of the molecule is CN(Cc1ccc2c(c1)NC(=O)CO2)CC(C)(C)N. The summed E-state index contributed by atoms with van der Waals surface area (Å²) < 4.78 is 5.33. The highest BCUT2D eigenvalue weighted by atomic mass is 16.5. The molecule has 0 saturated carbocycles. The second kappa shape index (κ2) is 5.19. The van der Waals surface area contributed by atoms with Gasteiger partial charge in [-0.2, -0.15) is 0 Å². The maximum Gasteiger partial charge on any atom is 0.262 e. The van der Waals surface area contributed by atoms with Crippen LogP contribution in [0.5, 0.6) is 5.75 Å². The predicted molar refractivity (Wildman–Crippen MR) is 75.2 cm³/mol. The van der Waals surface area contributed by atoms with Gasteiger partial charge in [-0.15, -0.1) is 0 Å². The molecule has 0 fully saturated rings. The van der Waals surface area contributed by atoms with Gasteiger partial charge in [-0.05, 0) is 38.6 Å². The fourth-order valence-electron chi connectivity index (χ4n) is 2.29. The van der Waals surface area contributed by atoms with Crippen molar-refractivity contribution in [1.29, 1.82) is 0 Å². The van der Waals surface area contributed by atoms with Gasteiger partial charge in [0.1, 0.15) is 5.75 Å². The van der Waals surface area contributed by atoms with E-state index in [2.05, 4.69) is 10.2 Å². The molecule has 0 aromatic heterocycles. The van der Waals surface area contributed by atoms with Gasteiger partial charge in [-0.25, -0.2) is 0 Å². The number of nitrogens with two attached hydrogens (primary N) is 1. The Morgan fingerprint density at radius 1 is 1.47 bits per heavy atom. The van der Waals surface area contributed by atoms with Crippen molar-refractivity contribution in [2.45, 2.75) is 25.9 Å². The number of nitrogens with one attached hydrogen (secondary N) is 1. The van der Waals surface area contributed by atoms with Gasteiger partial charge < -0.3 is 20.7 Å². The fraction of sp³-hybridized carbons (Fsp3) is 0.500. The summed E-state index contributed by atoms with van der Waals surface area (Å²) >= 11 is 0. The Labute approximate surface area is 113 Å². The highest BCUT2D eigenvalue weighted by molar-refractivity contribution is 5.95. The Hall–Kier alpha value is -1.59. The molecule has 0 bridgehead atoms. The number of amides is 1. The van der Waals surface area contributed by atoms with Crippen LogP contribution in [-0.4, -0.2) is 36.5 Å². The molecule has 2 rings (SSSR count). The van der Waals surface area contributed by atoms with Crippen LogP contribution in [0.25, 0.3) is 0 Å². The first-order chi connectivity index (χ1) is 8.83. The Morgan fingerprint density at radius 3 is 2.89 bits per heavy atom. The van der Waals surface area contributed by atoms with Crippen LogP contribution < -0.4 is 15.8 Å². The minimum atomic E-state index is -0.222. The molecular formula is C14H21N3O2. The summed E-state index contributed by atoms with van der Waals surface area (Å²) in [6.45, 7) is 5.68. The molecule has 104 valence electrons. The Bertz CT molecular complexity index is 480. The first-order valence-corrected chi connectivity index (χ1v) is 6.36. The van der Waals surface area contributed by atoms with Crippen LogP contribution in [0.2, 0.25) is 0 Å². The van der Waals surface area contributed by atoms with Crippen molar-refractivity contribution in [2.75, 3.05) is 25.5 Å². The summed E-state index contributed by atoms with van der Waals surface area (Å²) in [6, 6.07) is 5.86. The van der Waals surface area contributed by atoms with Crippen molar-refractivity contribution >= 4 is 11.6 Å². The number of nitrogens with zero attached hydrogens (tertiary/aromatic N) is 1. The van der Waals surface area contributed by atoms with Gasteiger partial charge in [0.15, 0.2) is 6.61 Å². The van der Waals surface area contributed by atoms with Gasteiger partial charge in [0.25, 0.3) is 5.91 Å². The Kier molecular flexibility index (Phi) is 3.78. The van der Waals surface area contributed by atoms with Crippen molar-refractivity contribution < 1.29 is 9.53 Å². The van der Waals surface area contributed by atoms with E-state index in [4.69, 9.17) is 10.5 Å². The quantitative estimate of drug-likeness (QED) is 0.856. The second-order valence-corrected chi connectivity index (χ2v) is 5.83. The Morgan fingerprint density at radius 2 is 2.21 bits per heavy atom. The van der Waals surface area contributed by atoms with Crippen LogP contribution in [-0.2, 0) is 11.3 Å². The van der Waals surface area contributed by atoms with E-state index in [1.165, 1.54) is 0 Å². The number of ether oxygens (including phenoxy) is 1. The van der Waals surface area contributed by atoms with E-state index in [0.29, 0.717) is 0 Å². The van der Waals surface area contributed by atoms with Crippen LogP contribution in [0, 0.1) is 0 Å². The van der Waals surface area contributed by atoms with Gasteiger partial charge in [0.2, 0.25) is 0 Å². The molecule has 19 heavy (non-hydrogen) atoms. The van der Waals surface area contributed by atoms with E-state index in [-0.39, 0.29) is 18.1 Å². The molecule has 5 nitrogen and oxygen atoms in total. The van der Waals surface area contributed by atoms with Crippen LogP contribution in [0.4, 0.5) is 5.69 Å². The molecule has 3 N–H and O–H groups in total. The molecule has 0 atom stereocenters. The standard InChI is InChI=1S/C14H21N3O2/c1-14(2,15)9-17(3)7-10-4-5-12-11(6-10)16-13(18)8-19-12/h4-6H,7-9,15H2,1-3H3,(H,16,18). The summed E-state index contributed by atoms with van der Waals surface area (Å²) in [7, 11) is 2.03. The lowest BCUT2D eigenvalue weighted by atomic mass is 10.1. The molecule has 0 unspecified atom stereocenters. The molecule has 0 spiro atoms. The maximum atomic E-state index is 11.3. The zero-order chi connectivity index (χ0) is 14.0. The fourth-order valence-corrected chi connectivity index (χ4v) is 2.29. The summed E-state index contributed by atoms with van der Waals surface area (Å²) in [5, 5.41) is 2.81. The number of fused-ring (bicyclic) bond motifs is 1. The van der Waals surface area contributed by atoms with E-state index in [1.807, 2.05) is 39.1 Å². The minimum Gasteiger partial charge on any atom is -0.482 e. The van der Waals surface area contributed by atoms with Crippen molar-refractivity contribution in [3.05, 3.63) is 23.8 Å². The van der Waals surface area contributed by atoms with Gasteiger partial charge in [-0.3, -0.25) is 4.79 Å². The first-order valence-electron chi connectivity index (χ1n) is 6.36. The topological polar surface area (TPSA) is 67.6 Å². The lowest BCUT2D eigenvalue weighted by molar-refractivity contribution is -0.118. The zero-order valence-electron chi connectivity index (χ0n) is 11.7. The van der Waals surface area contributed by atoms with Gasteiger partial charge in [-0.1, -0.05) is 6.07 Å². The second-order valence-electron chi connectivity index (χ2n) is 5.83. The minimum absolute atomic E-state index is 0.0909. The van der Waals surface area contributed by atoms with Crippen molar-refractivity contribution in [3.63, 3.8) is 0 Å². The third-order valence-electron chi connectivity index (χ3n) is 2.81. The van der Waals surface area contributed by atoms with Crippen molar-refractivity contribution in [1.82, 2.24) is 4.90 Å². The smallest absolute Gasteiger partial charge is 0.262 e. The highest BCUT2D eigenvalue weighted by Gasteiger charge is 2.17. The van der Waals surface area contributed by atoms with Gasteiger partial charge >= 0.3 is 0 Å². The lowest BCUT2D eigenvalue weighted by Crippen LogP contribution is -2.43. The summed E-state index contributed by atoms with van der Waals surface area (Å²) in [6.07, 6.45) is 0. The highest BCUT2D eigenvalue weighted by Crippen LogP contribution is 2.28. The van der Waals surface area contributed by atoms with E-state index in [1.54, 1.807) is 0 Å². The van der Waals surface area contributed by atoms with E-state index < -0.39 is 0 Å². The third kappa shape index (κ3) is 3.94. The molecular weight excluding hydrogens is 242 g/mol. The average molecular weight is 263 g/mol. The molecule has 5 heteroatoms. The number of hydrogen-bond acceptors (Lipinski definition) is 4. The largest absolute Gasteiger partial charge is 0.482 e. The monoisotopic (exact) mass is 263 g/mol. The number of anilines is 1. The molecule has 1 amide bonds. The molecule has 1 heterocycles. The van der Waals surface area contributed by atoms with Crippen LogP contribution >= 0.6 is 0 Å². The van der Waals surface area contributed by atoms with Crippen molar-refractivity contribution in [3.8, 4) is 5.75 Å². The van der Waals surface area contributed by atoms with E-state index in [0.717, 1.165) is 30.1 Å². The van der Waals surface area contributed by atoms with Crippen LogP contribution in [0.1, 0.15) is 19.4 Å². The van der Waals surface area contributed by atoms with E-state index >= 15 is 0 Å². The number of rotatable bonds is 4. The Balaban J connectivity index is 2.06. The number of carbonyl (C=O) groups excluding carboxylic acids is 1. The first kappa shape index (κ1) is 13.8. The van der Waals surface area contributed by atoms with E-state index in [9.17, 15) is 4.79 Å². The average Bonchev–Trinajstić information content (AvgIpc) is 2.25. The number of hydrogen-bond donors (Lipinski definition) is 2. The molecule has 1 aliphatic heterocycles.